The maximum atomic E-state index is 11.5. The first-order chi connectivity index (χ1) is 6.75. The van der Waals surface area contributed by atoms with Gasteiger partial charge in [-0.3, -0.25) is 14.9 Å². The third-order valence-electron chi connectivity index (χ3n) is 3.45. The molecule has 1 aliphatic carbocycles. The third kappa shape index (κ3) is 2.14. The van der Waals surface area contributed by atoms with Crippen molar-refractivity contribution in [2.75, 3.05) is 0 Å². The van der Waals surface area contributed by atoms with Gasteiger partial charge in [-0.1, -0.05) is 25.7 Å². The largest absolute Gasteiger partial charge is 0.296 e. The van der Waals surface area contributed by atoms with E-state index < -0.39 is 0 Å². The zero-order valence-corrected chi connectivity index (χ0v) is 8.42. The van der Waals surface area contributed by atoms with Crippen LogP contribution >= 0.6 is 0 Å². The fourth-order valence-corrected chi connectivity index (χ4v) is 2.61. The summed E-state index contributed by atoms with van der Waals surface area (Å²) in [5, 5.41) is 2.43. The van der Waals surface area contributed by atoms with Crippen LogP contribution in [0.2, 0.25) is 0 Å². The molecule has 1 heterocycles. The highest BCUT2D eigenvalue weighted by molar-refractivity contribution is 5.98. The Bertz CT molecular complexity index is 244. The van der Waals surface area contributed by atoms with Crippen LogP contribution in [-0.4, -0.2) is 11.8 Å². The molecule has 2 fully saturated rings. The number of hydrogen-bond donors (Lipinski definition) is 1. The number of nitrogens with one attached hydrogen (secondary N) is 1. The highest BCUT2D eigenvalue weighted by Crippen LogP contribution is 2.32. The summed E-state index contributed by atoms with van der Waals surface area (Å²) >= 11 is 0. The van der Waals surface area contributed by atoms with Gasteiger partial charge in [0.2, 0.25) is 11.8 Å². The lowest BCUT2D eigenvalue weighted by Crippen LogP contribution is -2.41. The van der Waals surface area contributed by atoms with Gasteiger partial charge in [-0.15, -0.1) is 0 Å². The zero-order chi connectivity index (χ0) is 9.97. The van der Waals surface area contributed by atoms with Crippen LogP contribution in [0.15, 0.2) is 0 Å². The summed E-state index contributed by atoms with van der Waals surface area (Å²) in [6, 6.07) is 0. The van der Waals surface area contributed by atoms with Gasteiger partial charge in [-0.2, -0.15) is 0 Å². The van der Waals surface area contributed by atoms with Crippen LogP contribution in [0.25, 0.3) is 0 Å². The van der Waals surface area contributed by atoms with Crippen molar-refractivity contribution < 1.29 is 9.59 Å². The molecule has 3 nitrogen and oxygen atoms in total. The Kier molecular flexibility index (Phi) is 2.85. The summed E-state index contributed by atoms with van der Waals surface area (Å²) in [5.41, 5.74) is 0. The van der Waals surface area contributed by atoms with E-state index in [9.17, 15) is 9.59 Å². The molecule has 2 aliphatic rings. The summed E-state index contributed by atoms with van der Waals surface area (Å²) in [7, 11) is 0. The summed E-state index contributed by atoms with van der Waals surface area (Å²) in [6.45, 7) is 0. The first-order valence-electron chi connectivity index (χ1n) is 5.59. The molecule has 2 amide bonds. The van der Waals surface area contributed by atoms with Crippen LogP contribution in [0.3, 0.4) is 0 Å². The smallest absolute Gasteiger partial charge is 0.229 e. The van der Waals surface area contributed by atoms with Crippen molar-refractivity contribution in [2.24, 2.45) is 11.8 Å². The van der Waals surface area contributed by atoms with Crippen LogP contribution in [0, 0.1) is 11.8 Å². The van der Waals surface area contributed by atoms with Crippen LogP contribution in [0.4, 0.5) is 0 Å². The van der Waals surface area contributed by atoms with E-state index in [0.717, 1.165) is 18.8 Å². The second-order valence-electron chi connectivity index (χ2n) is 4.53. The van der Waals surface area contributed by atoms with Gasteiger partial charge >= 0.3 is 0 Å². The van der Waals surface area contributed by atoms with E-state index in [1.54, 1.807) is 0 Å². The van der Waals surface area contributed by atoms with E-state index in [1.165, 1.54) is 25.7 Å². The van der Waals surface area contributed by atoms with Crippen molar-refractivity contribution in [2.45, 2.75) is 44.9 Å². The van der Waals surface area contributed by atoms with Crippen molar-refractivity contribution >= 4 is 11.8 Å². The van der Waals surface area contributed by atoms with Gasteiger partial charge in [0, 0.05) is 12.3 Å². The summed E-state index contributed by atoms with van der Waals surface area (Å²) < 4.78 is 0. The van der Waals surface area contributed by atoms with E-state index >= 15 is 0 Å². The minimum absolute atomic E-state index is 0.0341. The molecule has 78 valence electrons. The number of rotatable bonds is 2. The lowest BCUT2D eigenvalue weighted by atomic mass is 9.87. The fraction of sp³-hybridized carbons (Fsp3) is 0.818. The summed E-state index contributed by atoms with van der Waals surface area (Å²) in [4.78, 5) is 22.4. The highest BCUT2D eigenvalue weighted by atomic mass is 16.2. The van der Waals surface area contributed by atoms with Gasteiger partial charge in [0.15, 0.2) is 0 Å². The zero-order valence-electron chi connectivity index (χ0n) is 8.42. The van der Waals surface area contributed by atoms with E-state index in [2.05, 4.69) is 5.32 Å². The molecule has 0 spiro atoms. The first-order valence-corrected chi connectivity index (χ1v) is 5.59. The molecule has 1 saturated heterocycles. The Balaban J connectivity index is 1.85. The number of hydrogen-bond acceptors (Lipinski definition) is 2. The fourth-order valence-electron chi connectivity index (χ4n) is 2.61. The van der Waals surface area contributed by atoms with Gasteiger partial charge in [0.25, 0.3) is 0 Å². The van der Waals surface area contributed by atoms with Gasteiger partial charge < -0.3 is 0 Å². The molecule has 3 heteroatoms. The second-order valence-corrected chi connectivity index (χ2v) is 4.53. The van der Waals surface area contributed by atoms with Gasteiger partial charge in [0.1, 0.15) is 0 Å². The molecular formula is C11H17NO2. The molecule has 14 heavy (non-hydrogen) atoms. The van der Waals surface area contributed by atoms with E-state index in [4.69, 9.17) is 0 Å². The maximum absolute atomic E-state index is 11.5. The van der Waals surface area contributed by atoms with Crippen molar-refractivity contribution in [1.29, 1.82) is 0 Å². The van der Waals surface area contributed by atoms with Gasteiger partial charge in [-0.05, 0) is 18.8 Å². The van der Waals surface area contributed by atoms with E-state index in [1.807, 2.05) is 0 Å². The van der Waals surface area contributed by atoms with E-state index in [-0.39, 0.29) is 17.7 Å². The third-order valence-corrected chi connectivity index (χ3v) is 3.45. The van der Waals surface area contributed by atoms with Crippen LogP contribution in [0.1, 0.15) is 44.9 Å². The van der Waals surface area contributed by atoms with Gasteiger partial charge in [-0.25, -0.2) is 0 Å². The first kappa shape index (κ1) is 9.69. The summed E-state index contributed by atoms with van der Waals surface area (Å²) in [6.07, 6.45) is 7.48. The van der Waals surface area contributed by atoms with Gasteiger partial charge in [0.05, 0.1) is 0 Å². The lowest BCUT2D eigenvalue weighted by molar-refractivity contribution is -0.136. The maximum Gasteiger partial charge on any atom is 0.229 e. The molecule has 0 aromatic rings. The van der Waals surface area contributed by atoms with E-state index in [0.29, 0.717) is 6.42 Å². The standard InChI is InChI=1S/C11H17NO2/c13-10-6-5-9(11(14)12-10)7-8-3-1-2-4-8/h8-9H,1-7H2,(H,12,13,14). The molecule has 1 saturated carbocycles. The van der Waals surface area contributed by atoms with Crippen LogP contribution in [-0.2, 0) is 9.59 Å². The lowest BCUT2D eigenvalue weighted by Gasteiger charge is -2.23. The number of imide groups is 1. The quantitative estimate of drug-likeness (QED) is 0.680. The Morgan fingerprint density at radius 2 is 1.86 bits per heavy atom. The monoisotopic (exact) mass is 195 g/mol. The molecule has 2 rings (SSSR count). The minimum Gasteiger partial charge on any atom is -0.296 e. The molecule has 1 aliphatic heterocycles. The molecule has 0 aromatic carbocycles. The number of piperidine rings is 1. The topological polar surface area (TPSA) is 46.2 Å². The normalized spacial score (nSPS) is 29.3. The summed E-state index contributed by atoms with van der Waals surface area (Å²) in [5.74, 6) is 0.709. The molecule has 1 N–H and O–H groups in total. The Morgan fingerprint density at radius 3 is 2.50 bits per heavy atom. The number of carbonyl (C=O) groups excluding carboxylic acids is 2. The average Bonchev–Trinajstić information content (AvgIpc) is 2.62. The molecule has 1 atom stereocenters. The highest BCUT2D eigenvalue weighted by Gasteiger charge is 2.29. The predicted molar refractivity (Wildman–Crippen MR) is 52.4 cm³/mol. The SMILES string of the molecule is O=C1CCC(CC2CCCC2)C(=O)N1. The number of amides is 2. The molecule has 0 radical (unpaired) electrons. The van der Waals surface area contributed by atoms with Crippen molar-refractivity contribution in [3.8, 4) is 0 Å². The Labute approximate surface area is 84.2 Å². The molecule has 1 unspecified atom stereocenters. The number of carbonyl (C=O) groups is 2. The minimum atomic E-state index is -0.0994. The average molecular weight is 195 g/mol. The Hall–Kier alpha value is -0.860. The molecule has 0 aromatic heterocycles. The molecule has 0 bridgehead atoms. The van der Waals surface area contributed by atoms with Crippen molar-refractivity contribution in [3.63, 3.8) is 0 Å². The Morgan fingerprint density at radius 1 is 1.14 bits per heavy atom. The second kappa shape index (κ2) is 4.11. The van der Waals surface area contributed by atoms with Crippen LogP contribution < -0.4 is 5.32 Å². The van der Waals surface area contributed by atoms with Crippen LogP contribution in [0.5, 0.6) is 0 Å². The van der Waals surface area contributed by atoms with Crippen molar-refractivity contribution in [3.05, 3.63) is 0 Å². The molecular weight excluding hydrogens is 178 g/mol. The van der Waals surface area contributed by atoms with Crippen molar-refractivity contribution in [1.82, 2.24) is 5.32 Å². The predicted octanol–water partition coefficient (Wildman–Crippen LogP) is 1.62.